The third-order valence-corrected chi connectivity index (χ3v) is 4.97. The molecule has 2 aliphatic carbocycles. The molecule has 166 valence electrons. The van der Waals surface area contributed by atoms with Crippen LogP contribution in [0.5, 0.6) is 0 Å². The number of pyridine rings is 1. The number of nitrogens with one attached hydrogen (secondary N) is 1. The van der Waals surface area contributed by atoms with Crippen molar-refractivity contribution in [1.82, 2.24) is 4.98 Å². The minimum absolute atomic E-state index is 0. The van der Waals surface area contributed by atoms with Gasteiger partial charge in [-0.25, -0.2) is 0 Å². The van der Waals surface area contributed by atoms with E-state index in [0.29, 0.717) is 18.1 Å². The summed E-state index contributed by atoms with van der Waals surface area (Å²) in [7, 11) is 0. The van der Waals surface area contributed by atoms with Crippen molar-refractivity contribution < 1.29 is 26.6 Å². The zero-order valence-corrected chi connectivity index (χ0v) is 19.7. The van der Waals surface area contributed by atoms with Gasteiger partial charge in [-0.15, -0.1) is 0 Å². The molecule has 32 heavy (non-hydrogen) atoms. The Morgan fingerprint density at radius 1 is 0.969 bits per heavy atom. The number of halogens is 1. The van der Waals surface area contributed by atoms with Crippen molar-refractivity contribution in [3.8, 4) is 0 Å². The first-order valence-corrected chi connectivity index (χ1v) is 10.9. The van der Waals surface area contributed by atoms with Crippen molar-refractivity contribution in [3.05, 3.63) is 99.2 Å². The number of anilines is 1. The summed E-state index contributed by atoms with van der Waals surface area (Å²) in [5.41, 5.74) is 1.87. The zero-order valence-electron chi connectivity index (χ0n) is 17.8. The molecule has 4 nitrogen and oxygen atoms in total. The first-order chi connectivity index (χ1) is 15.2. The third kappa shape index (κ3) is 9.68. The van der Waals surface area contributed by atoms with Crippen molar-refractivity contribution in [3.63, 3.8) is 0 Å². The van der Waals surface area contributed by atoms with Gasteiger partial charge in [0.05, 0.1) is 12.1 Å². The maximum absolute atomic E-state index is 11.7. The van der Waals surface area contributed by atoms with Crippen LogP contribution in [0, 0.1) is 63.7 Å². The Bertz CT molecular complexity index is 800. The van der Waals surface area contributed by atoms with Crippen LogP contribution >= 0.6 is 11.6 Å². The molecule has 0 bridgehead atoms. The van der Waals surface area contributed by atoms with E-state index in [9.17, 15) is 4.79 Å². The van der Waals surface area contributed by atoms with Crippen LogP contribution in [0.4, 0.5) is 5.69 Å². The second kappa shape index (κ2) is 15.5. The average molecular weight is 491 g/mol. The first-order valence-electron chi connectivity index (χ1n) is 10.5. The number of aromatic nitrogens is 1. The Labute approximate surface area is 208 Å². The summed E-state index contributed by atoms with van der Waals surface area (Å²) in [6, 6.07) is 7.60. The SMILES string of the molecule is O=C(CCC[C]1[CH][CH][CH][CH]1)OCCCNc1ccnc2cc(Cl)ccc12.[CH]1[CH][CH][CH][CH]1.[Fe+2]. The molecular weight excluding hydrogens is 464 g/mol. The van der Waals surface area contributed by atoms with Crippen LogP contribution in [0.15, 0.2) is 30.5 Å². The second-order valence-electron chi connectivity index (χ2n) is 7.13. The maximum atomic E-state index is 11.7. The number of carbonyl (C=O) groups excluding carboxylic acids is 1. The summed E-state index contributed by atoms with van der Waals surface area (Å²) in [6.07, 6.45) is 22.9. The predicted octanol–water partition coefficient (Wildman–Crippen LogP) is 5.83. The van der Waals surface area contributed by atoms with Gasteiger partial charge >= 0.3 is 23.0 Å². The van der Waals surface area contributed by atoms with Crippen molar-refractivity contribution >= 4 is 34.2 Å². The van der Waals surface area contributed by atoms with E-state index in [1.54, 1.807) is 6.20 Å². The number of carbonyl (C=O) groups is 1. The molecule has 1 N–H and O–H groups in total. The van der Waals surface area contributed by atoms with E-state index in [-0.39, 0.29) is 23.0 Å². The van der Waals surface area contributed by atoms with E-state index in [4.69, 9.17) is 16.3 Å². The average Bonchev–Trinajstić information content (AvgIpc) is 3.50. The van der Waals surface area contributed by atoms with Gasteiger partial charge in [0.2, 0.25) is 0 Å². The minimum atomic E-state index is -0.124. The van der Waals surface area contributed by atoms with Gasteiger partial charge in [0.1, 0.15) is 0 Å². The quantitative estimate of drug-likeness (QED) is 0.273. The van der Waals surface area contributed by atoms with E-state index in [0.717, 1.165) is 42.4 Å². The molecule has 0 amide bonds. The molecule has 1 aromatic carbocycles. The topological polar surface area (TPSA) is 51.2 Å². The van der Waals surface area contributed by atoms with Gasteiger partial charge in [-0.1, -0.05) is 11.6 Å². The summed E-state index contributed by atoms with van der Waals surface area (Å²) in [5.74, 6) is 1.15. The molecule has 6 heteroatoms. The smallest absolute Gasteiger partial charge is 0.466 e. The Hall–Kier alpha value is -1.29. The van der Waals surface area contributed by atoms with E-state index < -0.39 is 0 Å². The van der Waals surface area contributed by atoms with E-state index >= 15 is 0 Å². The second-order valence-corrected chi connectivity index (χ2v) is 7.57. The third-order valence-electron chi connectivity index (χ3n) is 4.74. The van der Waals surface area contributed by atoms with Gasteiger partial charge in [-0.05, 0) is 107 Å². The van der Waals surface area contributed by atoms with Gasteiger partial charge < -0.3 is 10.1 Å². The van der Waals surface area contributed by atoms with E-state index in [1.807, 2.05) is 69.2 Å². The molecule has 2 aromatic rings. The fourth-order valence-electron chi connectivity index (χ4n) is 3.17. The zero-order chi connectivity index (χ0) is 21.7. The number of nitrogens with zero attached hydrogens (tertiary/aromatic N) is 1. The van der Waals surface area contributed by atoms with E-state index in [1.165, 1.54) is 5.92 Å². The number of esters is 1. The molecule has 10 radical (unpaired) electrons. The number of ether oxygens (including phenoxy) is 1. The molecule has 1 heterocycles. The molecule has 0 unspecified atom stereocenters. The molecule has 0 spiro atoms. The van der Waals surface area contributed by atoms with Gasteiger partial charge in [0, 0.05) is 35.3 Å². The van der Waals surface area contributed by atoms with Gasteiger partial charge in [0.25, 0.3) is 0 Å². The first kappa shape index (κ1) is 27.0. The van der Waals surface area contributed by atoms with Crippen LogP contribution in [0.2, 0.25) is 5.02 Å². The normalized spacial score (nSPS) is 15.7. The van der Waals surface area contributed by atoms with Gasteiger partial charge in [-0.2, -0.15) is 0 Å². The van der Waals surface area contributed by atoms with E-state index in [2.05, 4.69) is 23.1 Å². The number of benzene rings is 1. The summed E-state index contributed by atoms with van der Waals surface area (Å²) in [5, 5.41) is 5.07. The molecular formula is C26H27ClFeN2O2+2. The van der Waals surface area contributed by atoms with Crippen molar-refractivity contribution in [2.24, 2.45) is 0 Å². The fourth-order valence-corrected chi connectivity index (χ4v) is 3.33. The van der Waals surface area contributed by atoms with Crippen LogP contribution in [0.3, 0.4) is 0 Å². The molecule has 1 aromatic heterocycles. The summed E-state index contributed by atoms with van der Waals surface area (Å²) in [4.78, 5) is 16.1. The Balaban J connectivity index is 0.000000534. The monoisotopic (exact) mass is 490 g/mol. The Morgan fingerprint density at radius 3 is 2.41 bits per heavy atom. The molecule has 0 atom stereocenters. The Morgan fingerprint density at radius 2 is 1.69 bits per heavy atom. The summed E-state index contributed by atoms with van der Waals surface area (Å²) in [6.45, 7) is 1.15. The van der Waals surface area contributed by atoms with Crippen molar-refractivity contribution in [2.45, 2.75) is 25.7 Å². The van der Waals surface area contributed by atoms with Crippen LogP contribution in [0.25, 0.3) is 10.9 Å². The molecule has 4 rings (SSSR count). The fraction of sp³-hybridized carbons (Fsp3) is 0.231. The molecule has 0 saturated heterocycles. The molecule has 2 fully saturated rings. The van der Waals surface area contributed by atoms with Crippen LogP contribution in [-0.2, 0) is 26.6 Å². The van der Waals surface area contributed by atoms with Crippen LogP contribution in [0.1, 0.15) is 25.7 Å². The molecule has 2 aliphatic rings. The Kier molecular flexibility index (Phi) is 13.1. The summed E-state index contributed by atoms with van der Waals surface area (Å²) >= 11 is 6.00. The number of hydrogen-bond acceptors (Lipinski definition) is 4. The standard InChI is InChI=1S/C21H22ClN2O2.C5H5.Fe/c22-17-9-10-18-19(11-13-24-20(18)15-17)23-12-4-14-26-21(25)8-3-7-16-5-1-2-6-16;1-2-4-5-3-1;/h1-2,5-6,9-11,13,15H,3-4,7-8,12,14H2,(H,23,24);1-5H;/q;;+2. The maximum Gasteiger partial charge on any atom is 2.00 e. The minimum Gasteiger partial charge on any atom is -0.466 e. The largest absolute Gasteiger partial charge is 2.00 e. The number of rotatable bonds is 9. The molecule has 0 aliphatic heterocycles. The predicted molar refractivity (Wildman–Crippen MR) is 127 cm³/mol. The van der Waals surface area contributed by atoms with Crippen molar-refractivity contribution in [2.75, 3.05) is 18.5 Å². The summed E-state index contributed by atoms with van der Waals surface area (Å²) < 4.78 is 5.29. The van der Waals surface area contributed by atoms with Crippen LogP contribution < -0.4 is 5.32 Å². The number of hydrogen-bond donors (Lipinski definition) is 1. The van der Waals surface area contributed by atoms with Gasteiger partial charge in [0.15, 0.2) is 0 Å². The van der Waals surface area contributed by atoms with Crippen molar-refractivity contribution in [1.29, 1.82) is 0 Å². The van der Waals surface area contributed by atoms with Gasteiger partial charge in [-0.3, -0.25) is 9.78 Å². The molecule has 2 saturated carbocycles. The van der Waals surface area contributed by atoms with Crippen LogP contribution in [-0.4, -0.2) is 24.1 Å². The number of fused-ring (bicyclic) bond motifs is 1.